The van der Waals surface area contributed by atoms with Gasteiger partial charge in [0, 0.05) is 15.8 Å². The Morgan fingerprint density at radius 3 is 2.53 bits per heavy atom. The molecule has 17 heavy (non-hydrogen) atoms. The van der Waals surface area contributed by atoms with E-state index in [9.17, 15) is 10.2 Å². The standard InChI is InChI=1S/C13H12INO2/c14-10-2-1-3-11(7-10)15-8-9-4-5-12(16)13(17)6-9/h1-7,15-17H,8H2. The highest BCUT2D eigenvalue weighted by molar-refractivity contribution is 14.1. The van der Waals surface area contributed by atoms with E-state index in [4.69, 9.17) is 0 Å². The Labute approximate surface area is 113 Å². The van der Waals surface area contributed by atoms with Crippen LogP contribution in [-0.2, 0) is 6.54 Å². The van der Waals surface area contributed by atoms with Gasteiger partial charge >= 0.3 is 0 Å². The van der Waals surface area contributed by atoms with E-state index >= 15 is 0 Å². The Hall–Kier alpha value is -1.43. The lowest BCUT2D eigenvalue weighted by atomic mass is 10.2. The third-order valence-corrected chi connectivity index (χ3v) is 3.03. The quantitative estimate of drug-likeness (QED) is 0.593. The smallest absolute Gasteiger partial charge is 0.157 e. The molecule has 4 heteroatoms. The van der Waals surface area contributed by atoms with Gasteiger partial charge in [-0.1, -0.05) is 12.1 Å². The molecule has 0 aliphatic carbocycles. The number of phenolic OH excluding ortho intramolecular Hbond substituents is 2. The fourth-order valence-corrected chi connectivity index (χ4v) is 2.02. The van der Waals surface area contributed by atoms with Gasteiger partial charge in [0.05, 0.1) is 0 Å². The summed E-state index contributed by atoms with van der Waals surface area (Å²) in [5.74, 6) is -0.185. The molecule has 2 rings (SSSR count). The van der Waals surface area contributed by atoms with Gasteiger partial charge in [0.1, 0.15) is 0 Å². The van der Waals surface area contributed by atoms with Crippen LogP contribution >= 0.6 is 22.6 Å². The van der Waals surface area contributed by atoms with Gasteiger partial charge in [0.15, 0.2) is 11.5 Å². The van der Waals surface area contributed by atoms with Crippen molar-refractivity contribution in [1.82, 2.24) is 0 Å². The first-order valence-corrected chi connectivity index (χ1v) is 6.23. The molecular formula is C13H12INO2. The van der Waals surface area contributed by atoms with Gasteiger partial charge in [-0.25, -0.2) is 0 Å². The summed E-state index contributed by atoms with van der Waals surface area (Å²) in [4.78, 5) is 0. The molecule has 2 aromatic rings. The van der Waals surface area contributed by atoms with Crippen LogP contribution in [0.3, 0.4) is 0 Å². The number of halogens is 1. The molecule has 0 radical (unpaired) electrons. The SMILES string of the molecule is Oc1ccc(CNc2cccc(I)c2)cc1O. The van der Waals surface area contributed by atoms with E-state index < -0.39 is 0 Å². The Balaban J connectivity index is 2.05. The second kappa shape index (κ2) is 5.27. The minimum Gasteiger partial charge on any atom is -0.504 e. The zero-order chi connectivity index (χ0) is 12.3. The minimum absolute atomic E-state index is 0.0908. The van der Waals surface area contributed by atoms with Gasteiger partial charge in [-0.15, -0.1) is 0 Å². The molecule has 0 saturated heterocycles. The Kier molecular flexibility index (Phi) is 3.73. The molecule has 0 saturated carbocycles. The first-order chi connectivity index (χ1) is 8.15. The lowest BCUT2D eigenvalue weighted by Crippen LogP contribution is -1.99. The fourth-order valence-electron chi connectivity index (χ4n) is 1.48. The number of benzene rings is 2. The molecule has 0 unspecified atom stereocenters. The van der Waals surface area contributed by atoms with Gasteiger partial charge < -0.3 is 15.5 Å². The molecule has 0 bridgehead atoms. The molecule has 0 atom stereocenters. The first-order valence-electron chi connectivity index (χ1n) is 5.15. The zero-order valence-corrected chi connectivity index (χ0v) is 11.2. The predicted molar refractivity (Wildman–Crippen MR) is 76.3 cm³/mol. The number of nitrogens with one attached hydrogen (secondary N) is 1. The molecule has 88 valence electrons. The van der Waals surface area contributed by atoms with Crippen LogP contribution in [0.1, 0.15) is 5.56 Å². The van der Waals surface area contributed by atoms with Crippen LogP contribution in [0.25, 0.3) is 0 Å². The number of rotatable bonds is 3. The van der Waals surface area contributed by atoms with Crippen LogP contribution in [0.2, 0.25) is 0 Å². The van der Waals surface area contributed by atoms with Crippen LogP contribution in [-0.4, -0.2) is 10.2 Å². The second-order valence-electron chi connectivity index (χ2n) is 3.69. The highest BCUT2D eigenvalue weighted by atomic mass is 127. The lowest BCUT2D eigenvalue weighted by Gasteiger charge is -2.07. The maximum atomic E-state index is 9.36. The van der Waals surface area contributed by atoms with Gasteiger partial charge in [-0.05, 0) is 58.5 Å². The fraction of sp³-hybridized carbons (Fsp3) is 0.0769. The van der Waals surface area contributed by atoms with Crippen molar-refractivity contribution < 1.29 is 10.2 Å². The predicted octanol–water partition coefficient (Wildman–Crippen LogP) is 3.31. The Morgan fingerprint density at radius 2 is 1.82 bits per heavy atom. The molecule has 0 amide bonds. The van der Waals surface area contributed by atoms with Crippen molar-refractivity contribution in [2.45, 2.75) is 6.54 Å². The number of hydrogen-bond acceptors (Lipinski definition) is 3. The summed E-state index contributed by atoms with van der Waals surface area (Å²) < 4.78 is 1.17. The molecule has 0 aromatic heterocycles. The number of hydrogen-bond donors (Lipinski definition) is 3. The van der Waals surface area contributed by atoms with Crippen molar-refractivity contribution >= 4 is 28.3 Å². The summed E-state index contributed by atoms with van der Waals surface area (Å²) in [5.41, 5.74) is 1.95. The third-order valence-electron chi connectivity index (χ3n) is 2.36. The van der Waals surface area contributed by atoms with E-state index in [0.717, 1.165) is 11.3 Å². The summed E-state index contributed by atoms with van der Waals surface area (Å²) >= 11 is 2.26. The number of aromatic hydroxyl groups is 2. The van der Waals surface area contributed by atoms with Crippen LogP contribution in [0.15, 0.2) is 42.5 Å². The van der Waals surface area contributed by atoms with E-state index in [1.165, 1.54) is 9.64 Å². The van der Waals surface area contributed by atoms with Crippen molar-refractivity contribution in [2.75, 3.05) is 5.32 Å². The summed E-state index contributed by atoms with van der Waals surface area (Å²) in [6, 6.07) is 12.9. The van der Waals surface area contributed by atoms with Crippen LogP contribution in [0.4, 0.5) is 5.69 Å². The van der Waals surface area contributed by atoms with Crippen LogP contribution < -0.4 is 5.32 Å². The number of phenols is 2. The van der Waals surface area contributed by atoms with E-state index in [0.29, 0.717) is 6.54 Å². The molecule has 0 spiro atoms. The average molecular weight is 341 g/mol. The monoisotopic (exact) mass is 341 g/mol. The normalized spacial score (nSPS) is 10.2. The van der Waals surface area contributed by atoms with Gasteiger partial charge in [-0.3, -0.25) is 0 Å². The lowest BCUT2D eigenvalue weighted by molar-refractivity contribution is 0.403. The van der Waals surface area contributed by atoms with Crippen molar-refractivity contribution in [3.63, 3.8) is 0 Å². The second-order valence-corrected chi connectivity index (χ2v) is 4.93. The molecule has 0 fully saturated rings. The Bertz CT molecular complexity index is 529. The molecule has 0 heterocycles. The summed E-state index contributed by atoms with van der Waals surface area (Å²) in [7, 11) is 0. The topological polar surface area (TPSA) is 52.5 Å². The van der Waals surface area contributed by atoms with Gasteiger partial charge in [0.25, 0.3) is 0 Å². The highest BCUT2D eigenvalue weighted by Crippen LogP contribution is 2.25. The van der Waals surface area contributed by atoms with E-state index in [1.54, 1.807) is 12.1 Å². The maximum Gasteiger partial charge on any atom is 0.157 e. The summed E-state index contributed by atoms with van der Waals surface area (Å²) in [6.07, 6.45) is 0. The molecular weight excluding hydrogens is 329 g/mol. The summed E-state index contributed by atoms with van der Waals surface area (Å²) in [5, 5.41) is 21.8. The van der Waals surface area contributed by atoms with Crippen molar-refractivity contribution in [1.29, 1.82) is 0 Å². The largest absolute Gasteiger partial charge is 0.504 e. The Morgan fingerprint density at radius 1 is 1.00 bits per heavy atom. The number of anilines is 1. The zero-order valence-electron chi connectivity index (χ0n) is 9.02. The van der Waals surface area contributed by atoms with Crippen molar-refractivity contribution in [3.8, 4) is 11.5 Å². The molecule has 2 aromatic carbocycles. The molecule has 3 N–H and O–H groups in total. The average Bonchev–Trinajstić information content (AvgIpc) is 2.31. The van der Waals surface area contributed by atoms with Crippen LogP contribution in [0.5, 0.6) is 11.5 Å². The molecule has 0 aliphatic rings. The molecule has 0 aliphatic heterocycles. The first kappa shape index (κ1) is 12.0. The molecule has 3 nitrogen and oxygen atoms in total. The van der Waals surface area contributed by atoms with Crippen LogP contribution in [0, 0.1) is 3.57 Å². The van der Waals surface area contributed by atoms with E-state index in [-0.39, 0.29) is 11.5 Å². The summed E-state index contributed by atoms with van der Waals surface area (Å²) in [6.45, 7) is 0.605. The van der Waals surface area contributed by atoms with Crippen molar-refractivity contribution in [2.24, 2.45) is 0 Å². The minimum atomic E-state index is -0.0944. The van der Waals surface area contributed by atoms with E-state index in [2.05, 4.69) is 27.9 Å². The maximum absolute atomic E-state index is 9.36. The van der Waals surface area contributed by atoms with Gasteiger partial charge in [0.2, 0.25) is 0 Å². The van der Waals surface area contributed by atoms with Gasteiger partial charge in [-0.2, -0.15) is 0 Å². The van der Waals surface area contributed by atoms with Crippen molar-refractivity contribution in [3.05, 3.63) is 51.6 Å². The third kappa shape index (κ3) is 3.26. The van der Waals surface area contributed by atoms with E-state index in [1.807, 2.05) is 24.3 Å². The highest BCUT2D eigenvalue weighted by Gasteiger charge is 2.00.